The Kier molecular flexibility index (Phi) is 7.07. The molecule has 172 valence electrons. The Morgan fingerprint density at radius 3 is 2.52 bits per heavy atom. The number of carbonyl (C=O) groups is 2. The maximum atomic E-state index is 13.2. The van der Waals surface area contributed by atoms with Gasteiger partial charge in [-0.25, -0.2) is 9.48 Å². The number of likely N-dealkylation sites (tertiary alicyclic amines) is 1. The quantitative estimate of drug-likeness (QED) is 0.499. The number of hydrogen-bond donors (Lipinski definition) is 0. The van der Waals surface area contributed by atoms with E-state index in [-0.39, 0.29) is 12.0 Å². The minimum Gasteiger partial charge on any atom is -0.497 e. The van der Waals surface area contributed by atoms with E-state index in [9.17, 15) is 9.59 Å². The first-order valence-corrected chi connectivity index (χ1v) is 11.4. The summed E-state index contributed by atoms with van der Waals surface area (Å²) < 4.78 is 12.9. The standard InChI is InChI=1S/C26H29N3O4/c1-3-8-24(30)28-15-13-21(14-16-28)33-26(31)23-18-29(20-10-5-4-6-11-20)27-25(23)19-9-7-12-22(17-19)32-2/h4-7,9-12,17-18,21H,3,8,13-16H2,1-2H3. The zero-order valence-corrected chi connectivity index (χ0v) is 19.1. The zero-order chi connectivity index (χ0) is 23.2. The highest BCUT2D eigenvalue weighted by atomic mass is 16.5. The molecule has 1 aromatic heterocycles. The van der Waals surface area contributed by atoms with E-state index >= 15 is 0 Å². The van der Waals surface area contributed by atoms with Crippen molar-refractivity contribution in [3.8, 4) is 22.7 Å². The molecule has 1 amide bonds. The second-order valence-electron chi connectivity index (χ2n) is 8.14. The minimum atomic E-state index is -0.409. The van der Waals surface area contributed by atoms with Gasteiger partial charge in [0.1, 0.15) is 23.1 Å². The molecule has 0 aliphatic carbocycles. The molecule has 3 aromatic rings. The van der Waals surface area contributed by atoms with Crippen molar-refractivity contribution in [2.45, 2.75) is 38.7 Å². The molecular weight excluding hydrogens is 418 g/mol. The molecule has 0 bridgehead atoms. The van der Waals surface area contributed by atoms with E-state index in [0.717, 1.165) is 17.7 Å². The number of rotatable bonds is 7. The molecule has 0 atom stereocenters. The first-order valence-electron chi connectivity index (χ1n) is 11.4. The van der Waals surface area contributed by atoms with Crippen LogP contribution in [0.2, 0.25) is 0 Å². The maximum absolute atomic E-state index is 13.2. The summed E-state index contributed by atoms with van der Waals surface area (Å²) in [6.45, 7) is 3.23. The number of carbonyl (C=O) groups excluding carboxylic acids is 2. The molecule has 7 nitrogen and oxygen atoms in total. The fourth-order valence-electron chi connectivity index (χ4n) is 4.03. The van der Waals surface area contributed by atoms with Gasteiger partial charge in [0.2, 0.25) is 5.91 Å². The molecule has 1 fully saturated rings. The summed E-state index contributed by atoms with van der Waals surface area (Å²) in [6, 6.07) is 17.1. The summed E-state index contributed by atoms with van der Waals surface area (Å²) in [5.74, 6) is 0.449. The van der Waals surface area contributed by atoms with Gasteiger partial charge in [-0.15, -0.1) is 0 Å². The first kappa shape index (κ1) is 22.6. The number of aromatic nitrogens is 2. The summed E-state index contributed by atoms with van der Waals surface area (Å²) in [4.78, 5) is 27.2. The highest BCUT2D eigenvalue weighted by molar-refractivity contribution is 5.96. The largest absolute Gasteiger partial charge is 0.497 e. The lowest BCUT2D eigenvalue weighted by Gasteiger charge is -2.31. The number of benzene rings is 2. The van der Waals surface area contributed by atoms with Crippen molar-refractivity contribution < 1.29 is 19.1 Å². The first-order chi connectivity index (χ1) is 16.1. The average Bonchev–Trinajstić information content (AvgIpc) is 3.31. The lowest BCUT2D eigenvalue weighted by atomic mass is 10.1. The summed E-state index contributed by atoms with van der Waals surface area (Å²) >= 11 is 0. The molecule has 7 heteroatoms. The number of ether oxygens (including phenoxy) is 2. The van der Waals surface area contributed by atoms with Crippen molar-refractivity contribution in [2.75, 3.05) is 20.2 Å². The predicted octanol–water partition coefficient (Wildman–Crippen LogP) is 4.50. The number of esters is 1. The Labute approximate surface area is 193 Å². The number of nitrogens with zero attached hydrogens (tertiary/aromatic N) is 3. The van der Waals surface area contributed by atoms with Crippen LogP contribution in [0.3, 0.4) is 0 Å². The van der Waals surface area contributed by atoms with Crippen LogP contribution in [0.25, 0.3) is 16.9 Å². The van der Waals surface area contributed by atoms with Crippen molar-refractivity contribution >= 4 is 11.9 Å². The minimum absolute atomic E-state index is 0.173. The fraction of sp³-hybridized carbons (Fsp3) is 0.346. The van der Waals surface area contributed by atoms with Gasteiger partial charge in [-0.3, -0.25) is 4.79 Å². The van der Waals surface area contributed by atoms with Crippen LogP contribution in [-0.4, -0.2) is 52.9 Å². The van der Waals surface area contributed by atoms with E-state index in [1.165, 1.54) is 0 Å². The van der Waals surface area contributed by atoms with Crippen LogP contribution < -0.4 is 4.74 Å². The molecule has 0 saturated carbocycles. The van der Waals surface area contributed by atoms with Gasteiger partial charge in [0, 0.05) is 44.1 Å². The molecule has 1 saturated heterocycles. The summed E-state index contributed by atoms with van der Waals surface area (Å²) in [5.41, 5.74) is 2.56. The summed E-state index contributed by atoms with van der Waals surface area (Å²) in [5, 5.41) is 4.70. The van der Waals surface area contributed by atoms with Gasteiger partial charge in [0.25, 0.3) is 0 Å². The van der Waals surface area contributed by atoms with E-state index in [4.69, 9.17) is 14.6 Å². The van der Waals surface area contributed by atoms with Crippen molar-refractivity contribution in [2.24, 2.45) is 0 Å². The normalized spacial score (nSPS) is 14.2. The van der Waals surface area contributed by atoms with Crippen LogP contribution in [0.1, 0.15) is 43.0 Å². The van der Waals surface area contributed by atoms with Crippen LogP contribution >= 0.6 is 0 Å². The van der Waals surface area contributed by atoms with Crippen LogP contribution in [0, 0.1) is 0 Å². The van der Waals surface area contributed by atoms with E-state index in [2.05, 4.69) is 0 Å². The van der Waals surface area contributed by atoms with Gasteiger partial charge in [-0.2, -0.15) is 5.10 Å². The molecule has 1 aliphatic rings. The monoisotopic (exact) mass is 447 g/mol. The average molecular weight is 448 g/mol. The Morgan fingerprint density at radius 1 is 1.06 bits per heavy atom. The van der Waals surface area contributed by atoms with Gasteiger partial charge in [0.05, 0.1) is 12.8 Å². The van der Waals surface area contributed by atoms with Crippen LogP contribution in [0.4, 0.5) is 0 Å². The lowest BCUT2D eigenvalue weighted by Crippen LogP contribution is -2.41. The molecule has 0 spiro atoms. The van der Waals surface area contributed by atoms with Crippen LogP contribution in [0.15, 0.2) is 60.8 Å². The van der Waals surface area contributed by atoms with Crippen LogP contribution in [0.5, 0.6) is 5.75 Å². The third-order valence-corrected chi connectivity index (χ3v) is 5.83. The lowest BCUT2D eigenvalue weighted by molar-refractivity contribution is -0.133. The fourth-order valence-corrected chi connectivity index (χ4v) is 4.03. The molecule has 4 rings (SSSR count). The van der Waals surface area contributed by atoms with E-state index in [1.807, 2.05) is 66.4 Å². The molecular formula is C26H29N3O4. The third-order valence-electron chi connectivity index (χ3n) is 5.83. The van der Waals surface area contributed by atoms with E-state index in [0.29, 0.717) is 49.4 Å². The third kappa shape index (κ3) is 5.25. The molecule has 33 heavy (non-hydrogen) atoms. The maximum Gasteiger partial charge on any atom is 0.342 e. The smallest absolute Gasteiger partial charge is 0.342 e. The summed E-state index contributed by atoms with van der Waals surface area (Å²) in [6.07, 6.45) is 4.18. The van der Waals surface area contributed by atoms with Crippen molar-refractivity contribution in [3.05, 3.63) is 66.4 Å². The second kappa shape index (κ2) is 10.3. The second-order valence-corrected chi connectivity index (χ2v) is 8.14. The number of amides is 1. The topological polar surface area (TPSA) is 73.7 Å². The molecule has 0 N–H and O–H groups in total. The Hall–Kier alpha value is -3.61. The Balaban J connectivity index is 1.56. The molecule has 0 unspecified atom stereocenters. The van der Waals surface area contributed by atoms with Gasteiger partial charge >= 0.3 is 5.97 Å². The van der Waals surface area contributed by atoms with Crippen molar-refractivity contribution in [1.82, 2.24) is 14.7 Å². The zero-order valence-electron chi connectivity index (χ0n) is 19.1. The molecule has 2 aromatic carbocycles. The van der Waals surface area contributed by atoms with Crippen molar-refractivity contribution in [3.63, 3.8) is 0 Å². The highest BCUT2D eigenvalue weighted by Gasteiger charge is 2.27. The molecule has 1 aliphatic heterocycles. The van der Waals surface area contributed by atoms with E-state index in [1.54, 1.807) is 18.0 Å². The highest BCUT2D eigenvalue weighted by Crippen LogP contribution is 2.28. The SMILES string of the molecule is CCCC(=O)N1CCC(OC(=O)c2cn(-c3ccccc3)nc2-c2cccc(OC)c2)CC1. The Bertz CT molecular complexity index is 1100. The molecule has 2 heterocycles. The van der Waals surface area contributed by atoms with Crippen LogP contribution in [-0.2, 0) is 9.53 Å². The van der Waals surface area contributed by atoms with Gasteiger partial charge < -0.3 is 14.4 Å². The Morgan fingerprint density at radius 2 is 1.82 bits per heavy atom. The number of methoxy groups -OCH3 is 1. The molecule has 0 radical (unpaired) electrons. The van der Waals surface area contributed by atoms with Gasteiger partial charge in [-0.05, 0) is 30.7 Å². The van der Waals surface area contributed by atoms with Gasteiger partial charge in [0.15, 0.2) is 0 Å². The number of piperidine rings is 1. The van der Waals surface area contributed by atoms with E-state index < -0.39 is 5.97 Å². The van der Waals surface area contributed by atoms with Crippen molar-refractivity contribution in [1.29, 1.82) is 0 Å². The number of hydrogen-bond acceptors (Lipinski definition) is 5. The number of para-hydroxylation sites is 1. The summed E-state index contributed by atoms with van der Waals surface area (Å²) in [7, 11) is 1.61. The predicted molar refractivity (Wildman–Crippen MR) is 125 cm³/mol. The van der Waals surface area contributed by atoms with Gasteiger partial charge in [-0.1, -0.05) is 37.3 Å².